The Balaban J connectivity index is 0. The molecule has 0 aromatic heterocycles. The van der Waals surface area contributed by atoms with E-state index >= 15 is 0 Å². The molecule has 0 aliphatic carbocycles. The van der Waals surface area contributed by atoms with Crippen molar-refractivity contribution in [2.75, 3.05) is 13.9 Å². The highest BCUT2D eigenvalue weighted by Gasteiger charge is 2.40. The van der Waals surface area contributed by atoms with Gasteiger partial charge < -0.3 is 4.13 Å². The fraction of sp³-hybridized carbons (Fsp3) is 0.333. The van der Waals surface area contributed by atoms with E-state index in [1.165, 1.54) is 18.2 Å². The van der Waals surface area contributed by atoms with Crippen molar-refractivity contribution >= 4 is 26.1 Å². The first kappa shape index (κ1) is 23.8. The second-order valence-electron chi connectivity index (χ2n) is 3.57. The lowest BCUT2D eigenvalue weighted by Crippen LogP contribution is -2.31. The molecule has 5 nitrogen and oxygen atoms in total. The number of hydrogen-bond donors (Lipinski definition) is 0. The minimum atomic E-state index is -5.82. The standard InChI is InChI=1S/C10H9F3NO4S2.CH3F.CH4/c1-2-8-3-5-9(6-4-8)19(15,16)14-20(17,18)10(12,13)7-11;1-2;/h2-6H,1,7H2;1H3;1H4/q-1;;. The van der Waals surface area contributed by atoms with Gasteiger partial charge in [0.25, 0.3) is 0 Å². The lowest BCUT2D eigenvalue weighted by molar-refractivity contribution is 0.0633. The number of halogens is 4. The predicted molar refractivity (Wildman–Crippen MR) is 80.7 cm³/mol. The fourth-order valence-corrected chi connectivity index (χ4v) is 3.50. The molecule has 0 spiro atoms. The Morgan fingerprint density at radius 1 is 1.13 bits per heavy atom. The maximum absolute atomic E-state index is 12.8. The van der Waals surface area contributed by atoms with Crippen LogP contribution in [0.15, 0.2) is 35.7 Å². The number of rotatable bonds is 6. The molecule has 134 valence electrons. The molecule has 0 N–H and O–H groups in total. The summed E-state index contributed by atoms with van der Waals surface area (Å²) in [6, 6.07) is 4.49. The van der Waals surface area contributed by atoms with Crippen LogP contribution >= 0.6 is 0 Å². The van der Waals surface area contributed by atoms with E-state index in [2.05, 4.69) is 10.7 Å². The van der Waals surface area contributed by atoms with Crippen LogP contribution in [0.2, 0.25) is 0 Å². The van der Waals surface area contributed by atoms with E-state index in [0.717, 1.165) is 12.1 Å². The van der Waals surface area contributed by atoms with Crippen LogP contribution in [0.1, 0.15) is 13.0 Å². The topological polar surface area (TPSA) is 82.4 Å². The number of sulfonamides is 2. The first-order chi connectivity index (χ1) is 10.1. The Labute approximate surface area is 133 Å². The molecule has 23 heavy (non-hydrogen) atoms. The SMILES string of the molecule is C.C=Cc1ccc(S(=O)(=O)[N-]S(=O)(=O)C(F)(F)CF)cc1.CF. The van der Waals surface area contributed by atoms with Crippen molar-refractivity contribution in [1.82, 2.24) is 0 Å². The van der Waals surface area contributed by atoms with Crippen molar-refractivity contribution in [1.29, 1.82) is 0 Å². The zero-order valence-corrected chi connectivity index (χ0v) is 12.8. The highest BCUT2D eigenvalue weighted by atomic mass is 32.3. The van der Waals surface area contributed by atoms with Crippen molar-refractivity contribution in [3.8, 4) is 0 Å². The van der Waals surface area contributed by atoms with Crippen LogP contribution in [-0.4, -0.2) is 35.9 Å². The number of hydrogen-bond acceptors (Lipinski definition) is 4. The molecule has 1 aromatic rings. The summed E-state index contributed by atoms with van der Waals surface area (Å²) in [6.07, 6.45) is 1.39. The molecule has 0 aliphatic rings. The Kier molecular flexibility index (Phi) is 9.30. The molecule has 0 heterocycles. The smallest absolute Gasteiger partial charge is 0.357 e. The second kappa shape index (κ2) is 8.99. The molecule has 0 bridgehead atoms. The third-order valence-electron chi connectivity index (χ3n) is 2.14. The molecule has 0 unspecified atom stereocenters. The number of benzene rings is 1. The van der Waals surface area contributed by atoms with Gasteiger partial charge in [-0.1, -0.05) is 32.2 Å². The van der Waals surface area contributed by atoms with Crippen molar-refractivity contribution in [2.45, 2.75) is 17.6 Å². The molecule has 11 heteroatoms. The Morgan fingerprint density at radius 3 is 1.91 bits per heavy atom. The van der Waals surface area contributed by atoms with Gasteiger partial charge in [-0.05, 0) is 17.7 Å². The van der Waals surface area contributed by atoms with Gasteiger partial charge in [-0.3, -0.25) is 4.39 Å². The highest BCUT2D eigenvalue weighted by Crippen LogP contribution is 2.31. The van der Waals surface area contributed by atoms with Gasteiger partial charge in [0.15, 0.2) is 16.7 Å². The Morgan fingerprint density at radius 2 is 1.57 bits per heavy atom. The number of alkyl halides is 4. The van der Waals surface area contributed by atoms with Gasteiger partial charge in [-0.2, -0.15) is 8.78 Å². The zero-order chi connectivity index (χ0) is 17.6. The first-order valence-corrected chi connectivity index (χ1v) is 8.22. The zero-order valence-electron chi connectivity index (χ0n) is 11.2. The highest BCUT2D eigenvalue weighted by molar-refractivity contribution is 8.12. The molecular weight excluding hydrogens is 362 g/mol. The van der Waals surface area contributed by atoms with Crippen LogP contribution in [0.4, 0.5) is 17.6 Å². The van der Waals surface area contributed by atoms with Crippen LogP contribution in [0.3, 0.4) is 0 Å². The largest absolute Gasteiger partial charge is 0.427 e. The van der Waals surface area contributed by atoms with Crippen molar-refractivity contribution in [2.24, 2.45) is 0 Å². The monoisotopic (exact) mass is 378 g/mol. The van der Waals surface area contributed by atoms with E-state index < -0.39 is 36.9 Å². The van der Waals surface area contributed by atoms with E-state index in [4.69, 9.17) is 0 Å². The molecule has 0 saturated carbocycles. The van der Waals surface area contributed by atoms with Crippen molar-refractivity contribution in [3.05, 3.63) is 40.5 Å². The predicted octanol–water partition coefficient (Wildman–Crippen LogP) is 3.51. The summed E-state index contributed by atoms with van der Waals surface area (Å²) < 4.78 is 94.4. The van der Waals surface area contributed by atoms with Crippen LogP contribution in [0.25, 0.3) is 10.2 Å². The average molecular weight is 378 g/mol. The third kappa shape index (κ3) is 5.92. The second-order valence-corrected chi connectivity index (χ2v) is 7.13. The summed E-state index contributed by atoms with van der Waals surface area (Å²) in [5, 5.41) is -4.89. The van der Waals surface area contributed by atoms with E-state index in [-0.39, 0.29) is 7.43 Å². The molecule has 0 saturated heterocycles. The summed E-state index contributed by atoms with van der Waals surface area (Å²) in [6.45, 7) is 0.850. The van der Waals surface area contributed by atoms with E-state index in [9.17, 15) is 34.4 Å². The molecule has 0 amide bonds. The lowest BCUT2D eigenvalue weighted by atomic mass is 10.2. The molecule has 0 fully saturated rings. The maximum Gasteiger partial charge on any atom is 0.357 e. The quantitative estimate of drug-likeness (QED) is 0.710. The van der Waals surface area contributed by atoms with E-state index in [0.29, 0.717) is 12.7 Å². The molecule has 1 aromatic carbocycles. The number of nitrogens with zero attached hydrogens (tertiary/aromatic N) is 1. The molecular formula is C12H16F4NO4S2-. The van der Waals surface area contributed by atoms with Crippen LogP contribution < -0.4 is 0 Å². The summed E-state index contributed by atoms with van der Waals surface area (Å²) in [4.78, 5) is -0.610. The van der Waals surface area contributed by atoms with Crippen molar-refractivity contribution in [3.63, 3.8) is 0 Å². The van der Waals surface area contributed by atoms with Gasteiger partial charge in [0.1, 0.15) is 10.0 Å². The summed E-state index contributed by atoms with van der Waals surface area (Å²) >= 11 is 0. The van der Waals surface area contributed by atoms with Crippen LogP contribution in [-0.2, 0) is 20.0 Å². The first-order valence-electron chi connectivity index (χ1n) is 5.34. The van der Waals surface area contributed by atoms with E-state index in [1.54, 1.807) is 0 Å². The summed E-state index contributed by atoms with van der Waals surface area (Å²) in [5.74, 6) is 0. The average Bonchev–Trinajstić information content (AvgIpc) is 2.48. The van der Waals surface area contributed by atoms with Gasteiger partial charge in [-0.15, -0.1) is 0 Å². The maximum atomic E-state index is 12.8. The molecule has 0 aliphatic heterocycles. The fourth-order valence-electron chi connectivity index (χ4n) is 1.07. The van der Waals surface area contributed by atoms with Gasteiger partial charge in [0.05, 0.1) is 7.18 Å². The molecule has 1 rings (SSSR count). The summed E-state index contributed by atoms with van der Waals surface area (Å²) in [7, 11) is -10.2. The van der Waals surface area contributed by atoms with Gasteiger partial charge in [0, 0.05) is 4.90 Å². The Bertz CT molecular complexity index is 701. The Hall–Kier alpha value is -1.46. The molecule has 0 radical (unpaired) electrons. The van der Waals surface area contributed by atoms with Crippen molar-refractivity contribution < 1.29 is 34.4 Å². The minimum Gasteiger partial charge on any atom is -0.427 e. The molecule has 0 atom stereocenters. The van der Waals surface area contributed by atoms with Gasteiger partial charge in [0.2, 0.25) is 0 Å². The summed E-state index contributed by atoms with van der Waals surface area (Å²) in [5.41, 5.74) is 0.529. The minimum absolute atomic E-state index is 0. The lowest BCUT2D eigenvalue weighted by Gasteiger charge is -2.25. The van der Waals surface area contributed by atoms with Gasteiger partial charge >= 0.3 is 5.25 Å². The van der Waals surface area contributed by atoms with E-state index in [1.807, 2.05) is 0 Å². The normalized spacial score (nSPS) is 11.7. The van der Waals surface area contributed by atoms with Crippen LogP contribution in [0, 0.1) is 0 Å². The van der Waals surface area contributed by atoms with Gasteiger partial charge in [-0.25, -0.2) is 21.2 Å². The third-order valence-corrected chi connectivity index (χ3v) is 5.44. The van der Waals surface area contributed by atoms with Crippen LogP contribution in [0.5, 0.6) is 0 Å².